The van der Waals surface area contributed by atoms with Gasteiger partial charge in [0.25, 0.3) is 0 Å². The van der Waals surface area contributed by atoms with Crippen LogP contribution in [0.3, 0.4) is 0 Å². The smallest absolute Gasteiger partial charge is 0.0589 e. The summed E-state index contributed by atoms with van der Waals surface area (Å²) in [5, 5.41) is 0. The number of hydrogen-bond donors (Lipinski definition) is 0. The number of unbranched alkanes of at least 4 members (excludes halogenated alkanes) is 3. The Morgan fingerprint density at radius 2 is 1.62 bits per heavy atom. The zero-order chi connectivity index (χ0) is 18.5. The molecule has 0 unspecified atom stereocenters. The lowest BCUT2D eigenvalue weighted by Gasteiger charge is -2.28. The minimum Gasteiger partial charge on any atom is -0.383 e. The molecule has 0 atom stereocenters. The Morgan fingerprint density at radius 1 is 0.885 bits per heavy atom. The fourth-order valence-corrected chi connectivity index (χ4v) is 3.90. The van der Waals surface area contributed by atoms with Gasteiger partial charge in [0, 0.05) is 20.3 Å². The summed E-state index contributed by atoms with van der Waals surface area (Å²) in [5.74, 6) is 0.854. The molecule has 1 aromatic carbocycles. The molecule has 0 saturated heterocycles. The van der Waals surface area contributed by atoms with Crippen molar-refractivity contribution in [2.75, 3.05) is 40.5 Å². The maximum Gasteiger partial charge on any atom is 0.0589 e. The Labute approximate surface area is 161 Å². The van der Waals surface area contributed by atoms with Crippen molar-refractivity contribution in [1.82, 2.24) is 4.90 Å². The lowest BCUT2D eigenvalue weighted by atomic mass is 9.83. The quantitative estimate of drug-likeness (QED) is 0.464. The summed E-state index contributed by atoms with van der Waals surface area (Å²) in [5.41, 5.74) is 1.49. The fourth-order valence-electron chi connectivity index (χ4n) is 3.90. The van der Waals surface area contributed by atoms with Crippen LogP contribution in [0.15, 0.2) is 30.3 Å². The molecule has 0 aliphatic heterocycles. The number of rotatable bonds is 13. The highest BCUT2D eigenvalue weighted by molar-refractivity contribution is 5.15. The Morgan fingerprint density at radius 3 is 2.35 bits per heavy atom. The molecule has 3 heteroatoms. The van der Waals surface area contributed by atoms with Crippen molar-refractivity contribution < 1.29 is 9.47 Å². The first-order valence-corrected chi connectivity index (χ1v) is 10.6. The topological polar surface area (TPSA) is 21.7 Å². The van der Waals surface area contributed by atoms with E-state index in [1.54, 1.807) is 7.11 Å². The Hall–Kier alpha value is -0.900. The van der Waals surface area contributed by atoms with Gasteiger partial charge >= 0.3 is 0 Å². The van der Waals surface area contributed by atoms with E-state index in [0.717, 1.165) is 25.7 Å². The molecule has 26 heavy (non-hydrogen) atoms. The molecule has 1 aliphatic rings. The van der Waals surface area contributed by atoms with Crippen LogP contribution in [-0.4, -0.2) is 51.5 Å². The van der Waals surface area contributed by atoms with Crippen molar-refractivity contribution in [3.63, 3.8) is 0 Å². The van der Waals surface area contributed by atoms with Gasteiger partial charge in [-0.3, -0.25) is 0 Å². The van der Waals surface area contributed by atoms with E-state index in [1.807, 2.05) is 0 Å². The molecule has 0 spiro atoms. The molecule has 0 amide bonds. The summed E-state index contributed by atoms with van der Waals surface area (Å²) in [4.78, 5) is 2.36. The Balaban J connectivity index is 1.43. The molecule has 0 bridgehead atoms. The van der Waals surface area contributed by atoms with Gasteiger partial charge in [-0.15, -0.1) is 0 Å². The SMILES string of the molecule is COCCN(C)CCCCCCOC1CCC(Cc2ccccc2)CC1. The summed E-state index contributed by atoms with van der Waals surface area (Å²) >= 11 is 0. The second-order valence-electron chi connectivity index (χ2n) is 7.91. The summed E-state index contributed by atoms with van der Waals surface area (Å²) in [6.45, 7) is 3.99. The standard InChI is InChI=1S/C23H39NO2/c1-24(17-19-25-2)16-8-3-4-9-18-26-23-14-12-22(13-15-23)20-21-10-6-5-7-11-21/h5-7,10-11,22-23H,3-4,8-9,12-20H2,1-2H3. The first-order chi connectivity index (χ1) is 12.8. The third-order valence-electron chi connectivity index (χ3n) is 5.63. The average molecular weight is 362 g/mol. The van der Waals surface area contributed by atoms with Crippen molar-refractivity contribution in [2.24, 2.45) is 5.92 Å². The minimum atomic E-state index is 0.516. The normalized spacial score (nSPS) is 20.6. The first-order valence-electron chi connectivity index (χ1n) is 10.6. The van der Waals surface area contributed by atoms with E-state index in [-0.39, 0.29) is 0 Å². The zero-order valence-electron chi connectivity index (χ0n) is 17.0. The van der Waals surface area contributed by atoms with Gasteiger partial charge in [-0.2, -0.15) is 0 Å². The summed E-state index contributed by atoms with van der Waals surface area (Å²) in [6.07, 6.45) is 12.0. The van der Waals surface area contributed by atoms with Crippen molar-refractivity contribution in [2.45, 2.75) is 63.9 Å². The van der Waals surface area contributed by atoms with Crippen LogP contribution in [-0.2, 0) is 15.9 Å². The van der Waals surface area contributed by atoms with E-state index in [2.05, 4.69) is 42.3 Å². The van der Waals surface area contributed by atoms with Gasteiger partial charge in [0.2, 0.25) is 0 Å². The summed E-state index contributed by atoms with van der Waals surface area (Å²) < 4.78 is 11.2. The van der Waals surface area contributed by atoms with E-state index in [0.29, 0.717) is 6.10 Å². The van der Waals surface area contributed by atoms with Gasteiger partial charge < -0.3 is 14.4 Å². The van der Waals surface area contributed by atoms with E-state index in [1.165, 1.54) is 69.9 Å². The number of benzene rings is 1. The fraction of sp³-hybridized carbons (Fsp3) is 0.739. The van der Waals surface area contributed by atoms with Crippen molar-refractivity contribution in [1.29, 1.82) is 0 Å². The molecular weight excluding hydrogens is 322 g/mol. The highest BCUT2D eigenvalue weighted by Gasteiger charge is 2.21. The van der Waals surface area contributed by atoms with E-state index >= 15 is 0 Å². The molecule has 148 valence electrons. The molecule has 0 heterocycles. The van der Waals surface area contributed by atoms with E-state index in [9.17, 15) is 0 Å². The number of likely N-dealkylation sites (N-methyl/N-ethyl adjacent to an activating group) is 1. The monoisotopic (exact) mass is 361 g/mol. The third-order valence-corrected chi connectivity index (χ3v) is 5.63. The predicted molar refractivity (Wildman–Crippen MR) is 110 cm³/mol. The van der Waals surface area contributed by atoms with Gasteiger partial charge in [0.05, 0.1) is 12.7 Å². The van der Waals surface area contributed by atoms with Crippen LogP contribution in [0.5, 0.6) is 0 Å². The van der Waals surface area contributed by atoms with Crippen LogP contribution in [0, 0.1) is 5.92 Å². The number of nitrogens with zero attached hydrogens (tertiary/aromatic N) is 1. The highest BCUT2D eigenvalue weighted by atomic mass is 16.5. The molecule has 0 aromatic heterocycles. The molecule has 1 fully saturated rings. The maximum atomic E-state index is 6.14. The van der Waals surface area contributed by atoms with Crippen LogP contribution in [0.25, 0.3) is 0 Å². The summed E-state index contributed by atoms with van der Waals surface area (Å²) in [6, 6.07) is 10.9. The molecule has 3 nitrogen and oxygen atoms in total. The van der Waals surface area contributed by atoms with Crippen LogP contribution >= 0.6 is 0 Å². The lowest BCUT2D eigenvalue weighted by Crippen LogP contribution is -2.24. The number of methoxy groups -OCH3 is 1. The Bertz CT molecular complexity index is 443. The van der Waals surface area contributed by atoms with Gasteiger partial charge in [-0.1, -0.05) is 43.2 Å². The molecule has 1 aliphatic carbocycles. The molecule has 2 rings (SSSR count). The lowest BCUT2D eigenvalue weighted by molar-refractivity contribution is 0.0161. The highest BCUT2D eigenvalue weighted by Crippen LogP contribution is 2.29. The van der Waals surface area contributed by atoms with Crippen molar-refractivity contribution >= 4 is 0 Å². The van der Waals surface area contributed by atoms with Crippen LogP contribution < -0.4 is 0 Å². The molecular formula is C23H39NO2. The maximum absolute atomic E-state index is 6.14. The Kier molecular flexibility index (Phi) is 10.9. The molecule has 1 aromatic rings. The van der Waals surface area contributed by atoms with E-state index < -0.39 is 0 Å². The molecule has 0 N–H and O–H groups in total. The van der Waals surface area contributed by atoms with Crippen molar-refractivity contribution in [3.05, 3.63) is 35.9 Å². The van der Waals surface area contributed by atoms with Gasteiger partial charge in [0.15, 0.2) is 0 Å². The van der Waals surface area contributed by atoms with Crippen molar-refractivity contribution in [3.8, 4) is 0 Å². The van der Waals surface area contributed by atoms with Crippen LogP contribution in [0.4, 0.5) is 0 Å². The predicted octanol–water partition coefficient (Wildman–Crippen LogP) is 4.94. The van der Waals surface area contributed by atoms with Gasteiger partial charge in [-0.25, -0.2) is 0 Å². The first kappa shape index (κ1) is 21.4. The van der Waals surface area contributed by atoms with Crippen LogP contribution in [0.2, 0.25) is 0 Å². The third kappa shape index (κ3) is 9.16. The second-order valence-corrected chi connectivity index (χ2v) is 7.91. The second kappa shape index (κ2) is 13.3. The van der Waals surface area contributed by atoms with Gasteiger partial charge in [0.1, 0.15) is 0 Å². The average Bonchev–Trinajstić information content (AvgIpc) is 2.67. The summed E-state index contributed by atoms with van der Waals surface area (Å²) in [7, 11) is 3.94. The number of hydrogen-bond acceptors (Lipinski definition) is 3. The largest absolute Gasteiger partial charge is 0.383 e. The van der Waals surface area contributed by atoms with Gasteiger partial charge in [-0.05, 0) is 70.0 Å². The zero-order valence-corrected chi connectivity index (χ0v) is 17.0. The number of ether oxygens (including phenoxy) is 2. The van der Waals surface area contributed by atoms with Crippen LogP contribution in [0.1, 0.15) is 56.9 Å². The minimum absolute atomic E-state index is 0.516. The molecule has 1 saturated carbocycles. The van der Waals surface area contributed by atoms with E-state index in [4.69, 9.17) is 9.47 Å². The molecule has 0 radical (unpaired) electrons.